The number of halogens is 12. The zero-order valence-corrected chi connectivity index (χ0v) is 27.4. The fourth-order valence-electron chi connectivity index (χ4n) is 7.14. The minimum absolute atomic E-state index is 0.0888. The van der Waals surface area contributed by atoms with Crippen molar-refractivity contribution < 1.29 is 52.7 Å². The van der Waals surface area contributed by atoms with Crippen molar-refractivity contribution in [3.8, 4) is 0 Å². The van der Waals surface area contributed by atoms with Crippen LogP contribution in [0, 0.1) is 5.92 Å². The average molecular weight is 733 g/mol. The van der Waals surface area contributed by atoms with E-state index in [0.717, 1.165) is 64.2 Å². The predicted molar refractivity (Wildman–Crippen MR) is 165 cm³/mol. The molecule has 2 fully saturated rings. The molecule has 5 rings (SSSR count). The molecule has 0 radical (unpaired) electrons. The molecule has 264 valence electrons. The van der Waals surface area contributed by atoms with Gasteiger partial charge in [0, 0.05) is 5.92 Å². The Labute approximate surface area is 273 Å². The molecule has 2 aromatic rings. The third kappa shape index (κ3) is 8.80. The predicted octanol–water partition coefficient (Wildman–Crippen LogP) is 12.4. The van der Waals surface area contributed by atoms with Crippen molar-refractivity contribution in [2.45, 2.75) is 100 Å². The molecule has 3 aliphatic rings. The van der Waals surface area contributed by atoms with Crippen LogP contribution in [0.4, 0.5) is 52.7 Å². The number of benzene rings is 2. The Balaban J connectivity index is 1.69. The maximum Gasteiger partial charge on any atom is 0.416 e. The van der Waals surface area contributed by atoms with Gasteiger partial charge in [0.2, 0.25) is 0 Å². The Morgan fingerprint density at radius 2 is 0.854 bits per heavy atom. The molecule has 0 aromatic heterocycles. The Hall–Kier alpha value is -2.06. The normalized spacial score (nSPS) is 20.6. The largest absolute Gasteiger partial charge is 0.416 e. The molecule has 3 aliphatic carbocycles. The van der Waals surface area contributed by atoms with E-state index in [-0.39, 0.29) is 17.4 Å². The first-order valence-corrected chi connectivity index (χ1v) is 18.9. The van der Waals surface area contributed by atoms with Crippen LogP contribution < -0.4 is 10.6 Å². The van der Waals surface area contributed by atoms with E-state index in [1.54, 1.807) is 12.2 Å². The fourth-order valence-corrected chi connectivity index (χ4v) is 14.0. The fraction of sp³-hybridized carbons (Fsp3) is 0.529. The number of alkyl halides is 12. The summed E-state index contributed by atoms with van der Waals surface area (Å²) in [6.45, 7) is 0. The highest BCUT2D eigenvalue weighted by molar-refractivity contribution is 7.76. The molecular weight excluding hydrogens is 698 g/mol. The second kappa shape index (κ2) is 14.3. The van der Waals surface area contributed by atoms with Gasteiger partial charge in [0.15, 0.2) is 0 Å². The molecule has 0 aliphatic heterocycles. The van der Waals surface area contributed by atoms with E-state index in [0.29, 0.717) is 41.7 Å². The summed E-state index contributed by atoms with van der Waals surface area (Å²) >= 11 is 0. The Morgan fingerprint density at radius 3 is 1.19 bits per heavy atom. The molecule has 2 aromatic carbocycles. The molecule has 0 nitrogen and oxygen atoms in total. The third-order valence-electron chi connectivity index (χ3n) is 9.40. The van der Waals surface area contributed by atoms with Gasteiger partial charge in [-0.1, -0.05) is 64.7 Å². The van der Waals surface area contributed by atoms with Gasteiger partial charge in [-0.05, 0) is 103 Å². The molecule has 2 saturated carbocycles. The lowest BCUT2D eigenvalue weighted by Gasteiger charge is -2.40. The van der Waals surface area contributed by atoms with E-state index < -0.39 is 79.3 Å². The van der Waals surface area contributed by atoms with Crippen LogP contribution >= 0.6 is 15.8 Å². The SMILES string of the molecule is FC(F)(F)c1cc(P(C2=CC=CC2CP(C2CCCCC2)C2CCCCC2)c2cc(C(F)(F)F)cc(C(F)(F)F)c2)cc(C(F)(F)F)c1. The molecule has 0 bridgehead atoms. The second-order valence-corrected chi connectivity index (χ2v) is 17.8. The van der Waals surface area contributed by atoms with Gasteiger partial charge in [-0.3, -0.25) is 0 Å². The van der Waals surface area contributed by atoms with Crippen LogP contribution in [0.25, 0.3) is 0 Å². The highest BCUT2D eigenvalue weighted by atomic mass is 31.1. The van der Waals surface area contributed by atoms with Crippen LogP contribution in [-0.4, -0.2) is 17.5 Å². The van der Waals surface area contributed by atoms with E-state index in [1.807, 2.05) is 0 Å². The molecule has 0 amide bonds. The molecule has 0 spiro atoms. The molecular formula is C34H34F12P2. The van der Waals surface area contributed by atoms with Gasteiger partial charge in [-0.15, -0.1) is 0 Å². The molecule has 0 saturated heterocycles. The summed E-state index contributed by atoms with van der Waals surface area (Å²) < 4.78 is 168. The molecule has 1 atom stereocenters. The van der Waals surface area contributed by atoms with Crippen molar-refractivity contribution in [3.63, 3.8) is 0 Å². The summed E-state index contributed by atoms with van der Waals surface area (Å²) in [6, 6.07) is 1.58. The number of hydrogen-bond donors (Lipinski definition) is 0. The standard InChI is InChI=1S/C34H34F12P2/c35-31(36,37)22-14-23(32(38,39)40)17-28(16-22)48(29-18-24(33(41,42)43)15-25(19-29)34(44,45)46)30-13-7-8-21(30)20-47(26-9-3-1-4-10-26)27-11-5-2-6-12-27/h7-8,13-19,21,26-27H,1-6,9-12,20H2. The summed E-state index contributed by atoms with van der Waals surface area (Å²) in [4.78, 5) is 0. The highest BCUT2D eigenvalue weighted by Gasteiger charge is 2.42. The van der Waals surface area contributed by atoms with Crippen molar-refractivity contribution in [2.24, 2.45) is 5.92 Å². The van der Waals surface area contributed by atoms with Crippen molar-refractivity contribution in [1.82, 2.24) is 0 Å². The van der Waals surface area contributed by atoms with E-state index in [4.69, 9.17) is 0 Å². The zero-order chi connectivity index (χ0) is 35.1. The van der Waals surface area contributed by atoms with Crippen molar-refractivity contribution in [1.29, 1.82) is 0 Å². The summed E-state index contributed by atoms with van der Waals surface area (Å²) in [5, 5.41) is -0.970. The third-order valence-corrected chi connectivity index (χ3v) is 15.7. The second-order valence-electron chi connectivity index (χ2n) is 12.7. The van der Waals surface area contributed by atoms with Gasteiger partial charge in [0.05, 0.1) is 22.3 Å². The first-order chi connectivity index (χ1) is 22.3. The highest BCUT2D eigenvalue weighted by Crippen LogP contribution is 2.60. The first-order valence-electron chi connectivity index (χ1n) is 15.9. The quantitative estimate of drug-likeness (QED) is 0.196. The minimum Gasteiger partial charge on any atom is -0.166 e. The molecule has 0 heterocycles. The van der Waals surface area contributed by atoms with E-state index >= 15 is 0 Å². The lowest BCUT2D eigenvalue weighted by Crippen LogP contribution is -2.26. The van der Waals surface area contributed by atoms with Crippen LogP contribution in [0.15, 0.2) is 59.9 Å². The molecule has 14 heteroatoms. The maximum absolute atomic E-state index is 14.0. The Bertz CT molecular complexity index is 1330. The van der Waals surface area contributed by atoms with Crippen LogP contribution in [0.1, 0.15) is 86.5 Å². The molecule has 0 N–H and O–H groups in total. The van der Waals surface area contributed by atoms with Gasteiger partial charge in [-0.25, -0.2) is 0 Å². The monoisotopic (exact) mass is 732 g/mol. The zero-order valence-electron chi connectivity index (χ0n) is 25.6. The average Bonchev–Trinajstić information content (AvgIpc) is 3.46. The molecule has 1 unspecified atom stereocenters. The lowest BCUT2D eigenvalue weighted by atomic mass is 9.99. The van der Waals surface area contributed by atoms with Crippen molar-refractivity contribution in [3.05, 3.63) is 82.2 Å². The van der Waals surface area contributed by atoms with Crippen molar-refractivity contribution in [2.75, 3.05) is 6.16 Å². The van der Waals surface area contributed by atoms with E-state index in [9.17, 15) is 52.7 Å². The summed E-state index contributed by atoms with van der Waals surface area (Å²) in [5.41, 5.74) is -5.94. The van der Waals surface area contributed by atoms with Crippen LogP contribution in [0.3, 0.4) is 0 Å². The van der Waals surface area contributed by atoms with Crippen LogP contribution in [-0.2, 0) is 24.7 Å². The van der Waals surface area contributed by atoms with Crippen LogP contribution in [0.5, 0.6) is 0 Å². The minimum atomic E-state index is -5.26. The van der Waals surface area contributed by atoms with E-state index in [1.165, 1.54) is 6.08 Å². The number of allylic oxidation sites excluding steroid dienone is 4. The Kier molecular flexibility index (Phi) is 11.1. The van der Waals surface area contributed by atoms with E-state index in [2.05, 4.69) is 0 Å². The smallest absolute Gasteiger partial charge is 0.166 e. The van der Waals surface area contributed by atoms with Crippen LogP contribution in [0.2, 0.25) is 0 Å². The van der Waals surface area contributed by atoms with Gasteiger partial charge >= 0.3 is 24.7 Å². The van der Waals surface area contributed by atoms with Gasteiger partial charge in [0.1, 0.15) is 0 Å². The number of hydrogen-bond acceptors (Lipinski definition) is 0. The summed E-state index contributed by atoms with van der Waals surface area (Å²) in [6.07, 6.45) is -5.39. The lowest BCUT2D eigenvalue weighted by molar-refractivity contribution is -0.144. The van der Waals surface area contributed by atoms with Gasteiger partial charge < -0.3 is 0 Å². The molecule has 48 heavy (non-hydrogen) atoms. The van der Waals surface area contributed by atoms with Gasteiger partial charge in [-0.2, -0.15) is 52.7 Å². The maximum atomic E-state index is 14.0. The Morgan fingerprint density at radius 1 is 0.500 bits per heavy atom. The summed E-state index contributed by atoms with van der Waals surface area (Å²) in [5.74, 6) is -0.557. The topological polar surface area (TPSA) is 0 Å². The van der Waals surface area contributed by atoms with Gasteiger partial charge in [0.25, 0.3) is 0 Å². The van der Waals surface area contributed by atoms with Crippen molar-refractivity contribution >= 4 is 26.5 Å². The first kappa shape index (κ1) is 37.2. The number of rotatable bonds is 7. The summed E-state index contributed by atoms with van der Waals surface area (Å²) in [7, 11) is -3.40.